The van der Waals surface area contributed by atoms with Gasteiger partial charge >= 0.3 is 0 Å². The number of benzene rings is 1. The molecule has 19 heavy (non-hydrogen) atoms. The van der Waals surface area contributed by atoms with Crippen molar-refractivity contribution in [1.82, 2.24) is 10.6 Å². The second-order valence-corrected chi connectivity index (χ2v) is 5.33. The van der Waals surface area contributed by atoms with Crippen LogP contribution in [-0.2, 0) is 16.1 Å². The lowest BCUT2D eigenvalue weighted by Gasteiger charge is -2.08. The van der Waals surface area contributed by atoms with Crippen LogP contribution in [0, 0.1) is 0 Å². The second kappa shape index (κ2) is 9.31. The molecule has 0 heterocycles. The third-order valence-electron chi connectivity index (χ3n) is 2.48. The van der Waals surface area contributed by atoms with E-state index < -0.39 is 0 Å². The molecule has 0 unspecified atom stereocenters. The molecule has 0 atom stereocenters. The first-order valence-corrected chi connectivity index (χ1v) is 7.21. The second-order valence-electron chi connectivity index (χ2n) is 4.01. The van der Waals surface area contributed by atoms with Crippen LogP contribution in [0.4, 0.5) is 0 Å². The monoisotopic (exact) mass is 348 g/mol. The Morgan fingerprint density at radius 3 is 2.95 bits per heavy atom. The standard InChI is InChI=1S/C13H18BrClN2O2/c1-19-7-6-17-13(18)4-5-16-9-10-8-11(14)2-3-12(10)15/h2-3,8,16H,4-7,9H2,1H3,(H,17,18). The van der Waals surface area contributed by atoms with Crippen LogP contribution < -0.4 is 10.6 Å². The fourth-order valence-electron chi connectivity index (χ4n) is 1.48. The summed E-state index contributed by atoms with van der Waals surface area (Å²) in [5.41, 5.74) is 1.01. The third kappa shape index (κ3) is 6.92. The number of hydrogen-bond acceptors (Lipinski definition) is 3. The summed E-state index contributed by atoms with van der Waals surface area (Å²) in [6.45, 7) is 2.34. The van der Waals surface area contributed by atoms with Crippen molar-refractivity contribution >= 4 is 33.4 Å². The summed E-state index contributed by atoms with van der Waals surface area (Å²) in [5, 5.41) is 6.68. The zero-order chi connectivity index (χ0) is 14.1. The highest BCUT2D eigenvalue weighted by atomic mass is 79.9. The van der Waals surface area contributed by atoms with Gasteiger partial charge in [-0.25, -0.2) is 0 Å². The maximum atomic E-state index is 11.4. The van der Waals surface area contributed by atoms with Crippen LogP contribution in [-0.4, -0.2) is 32.7 Å². The Hall–Kier alpha value is -0.620. The van der Waals surface area contributed by atoms with Gasteiger partial charge in [0.2, 0.25) is 5.91 Å². The zero-order valence-electron chi connectivity index (χ0n) is 10.8. The minimum absolute atomic E-state index is 0.0184. The van der Waals surface area contributed by atoms with Crippen LogP contribution in [0.3, 0.4) is 0 Å². The summed E-state index contributed by atoms with van der Waals surface area (Å²) in [6.07, 6.45) is 0.440. The molecule has 0 aliphatic carbocycles. The van der Waals surface area contributed by atoms with Crippen molar-refractivity contribution in [2.75, 3.05) is 26.8 Å². The lowest BCUT2D eigenvalue weighted by atomic mass is 10.2. The van der Waals surface area contributed by atoms with Gasteiger partial charge in [0.25, 0.3) is 0 Å². The van der Waals surface area contributed by atoms with E-state index in [4.69, 9.17) is 16.3 Å². The van der Waals surface area contributed by atoms with Crippen LogP contribution >= 0.6 is 27.5 Å². The van der Waals surface area contributed by atoms with Gasteiger partial charge in [-0.05, 0) is 23.8 Å². The van der Waals surface area contributed by atoms with Crippen molar-refractivity contribution < 1.29 is 9.53 Å². The molecule has 0 saturated carbocycles. The summed E-state index contributed by atoms with van der Waals surface area (Å²) < 4.78 is 5.84. The highest BCUT2D eigenvalue weighted by Crippen LogP contribution is 2.20. The fraction of sp³-hybridized carbons (Fsp3) is 0.462. The van der Waals surface area contributed by atoms with Crippen LogP contribution in [0.25, 0.3) is 0 Å². The first kappa shape index (κ1) is 16.4. The van der Waals surface area contributed by atoms with Crippen LogP contribution in [0.1, 0.15) is 12.0 Å². The molecule has 106 valence electrons. The van der Waals surface area contributed by atoms with Crippen LogP contribution in [0.15, 0.2) is 22.7 Å². The van der Waals surface area contributed by atoms with Crippen molar-refractivity contribution in [3.8, 4) is 0 Å². The topological polar surface area (TPSA) is 50.4 Å². The molecule has 1 aromatic rings. The SMILES string of the molecule is COCCNC(=O)CCNCc1cc(Br)ccc1Cl. The van der Waals surface area contributed by atoms with Gasteiger partial charge in [-0.15, -0.1) is 0 Å². The van der Waals surface area contributed by atoms with Gasteiger partial charge in [0.05, 0.1) is 6.61 Å². The molecule has 1 rings (SSSR count). The fourth-order valence-corrected chi connectivity index (χ4v) is 2.08. The Bertz CT molecular complexity index is 416. The quantitative estimate of drug-likeness (QED) is 0.708. The maximum absolute atomic E-state index is 11.4. The molecule has 0 radical (unpaired) electrons. The van der Waals surface area contributed by atoms with Crippen molar-refractivity contribution in [1.29, 1.82) is 0 Å². The highest BCUT2D eigenvalue weighted by molar-refractivity contribution is 9.10. The number of carbonyl (C=O) groups is 1. The van der Waals surface area contributed by atoms with E-state index in [1.54, 1.807) is 7.11 Å². The predicted molar refractivity (Wildman–Crippen MR) is 80.4 cm³/mol. The van der Waals surface area contributed by atoms with Gasteiger partial charge in [-0.3, -0.25) is 4.79 Å². The normalized spacial score (nSPS) is 10.5. The maximum Gasteiger partial charge on any atom is 0.221 e. The van der Waals surface area contributed by atoms with Crippen molar-refractivity contribution in [3.05, 3.63) is 33.3 Å². The predicted octanol–water partition coefficient (Wildman–Crippen LogP) is 2.34. The molecule has 0 spiro atoms. The van der Waals surface area contributed by atoms with E-state index in [0.717, 1.165) is 15.1 Å². The molecular formula is C13H18BrClN2O2. The van der Waals surface area contributed by atoms with E-state index in [0.29, 0.717) is 32.7 Å². The molecule has 0 aliphatic heterocycles. The van der Waals surface area contributed by atoms with Gasteiger partial charge in [-0.2, -0.15) is 0 Å². The minimum Gasteiger partial charge on any atom is -0.383 e. The number of ether oxygens (including phenoxy) is 1. The average molecular weight is 350 g/mol. The van der Waals surface area contributed by atoms with Gasteiger partial charge in [-0.1, -0.05) is 27.5 Å². The van der Waals surface area contributed by atoms with Crippen molar-refractivity contribution in [2.45, 2.75) is 13.0 Å². The summed E-state index contributed by atoms with van der Waals surface area (Å²) >= 11 is 9.47. The Labute approximate surface area is 127 Å². The molecule has 0 aromatic heterocycles. The van der Waals surface area contributed by atoms with E-state index in [1.165, 1.54) is 0 Å². The first-order valence-electron chi connectivity index (χ1n) is 6.03. The third-order valence-corrected chi connectivity index (χ3v) is 3.34. The molecule has 2 N–H and O–H groups in total. The lowest BCUT2D eigenvalue weighted by molar-refractivity contribution is -0.121. The number of methoxy groups -OCH3 is 1. The zero-order valence-corrected chi connectivity index (χ0v) is 13.2. The molecule has 6 heteroatoms. The number of carbonyl (C=O) groups excluding carboxylic acids is 1. The lowest BCUT2D eigenvalue weighted by Crippen LogP contribution is -2.29. The average Bonchev–Trinajstić information content (AvgIpc) is 2.39. The first-order chi connectivity index (χ1) is 9.13. The summed E-state index contributed by atoms with van der Waals surface area (Å²) in [7, 11) is 1.61. The smallest absolute Gasteiger partial charge is 0.221 e. The summed E-state index contributed by atoms with van der Waals surface area (Å²) in [6, 6.07) is 5.71. The van der Waals surface area contributed by atoms with Crippen LogP contribution in [0.2, 0.25) is 5.02 Å². The summed E-state index contributed by atoms with van der Waals surface area (Å²) in [5.74, 6) is 0.0184. The number of halogens is 2. The minimum atomic E-state index is 0.0184. The molecule has 1 amide bonds. The highest BCUT2D eigenvalue weighted by Gasteiger charge is 2.02. The number of hydrogen-bond donors (Lipinski definition) is 2. The largest absolute Gasteiger partial charge is 0.383 e. The van der Waals surface area contributed by atoms with Gasteiger partial charge in [0.1, 0.15) is 0 Å². The number of amides is 1. The Morgan fingerprint density at radius 2 is 2.21 bits per heavy atom. The Morgan fingerprint density at radius 1 is 1.42 bits per heavy atom. The number of rotatable bonds is 8. The molecule has 0 aliphatic rings. The van der Waals surface area contributed by atoms with E-state index in [1.807, 2.05) is 18.2 Å². The van der Waals surface area contributed by atoms with Gasteiger partial charge in [0.15, 0.2) is 0 Å². The van der Waals surface area contributed by atoms with E-state index in [2.05, 4.69) is 26.6 Å². The Balaban J connectivity index is 2.20. The van der Waals surface area contributed by atoms with Crippen molar-refractivity contribution in [3.63, 3.8) is 0 Å². The van der Waals surface area contributed by atoms with Crippen molar-refractivity contribution in [2.24, 2.45) is 0 Å². The molecule has 1 aromatic carbocycles. The molecule has 4 nitrogen and oxygen atoms in total. The van der Waals surface area contributed by atoms with Gasteiger partial charge in [0, 0.05) is 42.7 Å². The van der Waals surface area contributed by atoms with E-state index in [9.17, 15) is 4.79 Å². The molecule has 0 fully saturated rings. The molecule has 0 bridgehead atoms. The van der Waals surface area contributed by atoms with Gasteiger partial charge < -0.3 is 15.4 Å². The summed E-state index contributed by atoms with van der Waals surface area (Å²) in [4.78, 5) is 11.4. The molecular weight excluding hydrogens is 332 g/mol. The molecule has 0 saturated heterocycles. The van der Waals surface area contributed by atoms with E-state index in [-0.39, 0.29) is 5.91 Å². The number of nitrogens with one attached hydrogen (secondary N) is 2. The van der Waals surface area contributed by atoms with E-state index >= 15 is 0 Å². The van der Waals surface area contributed by atoms with Crippen LogP contribution in [0.5, 0.6) is 0 Å². The Kier molecular flexibility index (Phi) is 8.05.